The third-order valence-electron chi connectivity index (χ3n) is 3.53. The number of primary amides is 1. The van der Waals surface area contributed by atoms with Gasteiger partial charge in [-0.1, -0.05) is 17.7 Å². The molecule has 0 saturated carbocycles. The molecule has 21 heavy (non-hydrogen) atoms. The van der Waals surface area contributed by atoms with Gasteiger partial charge in [-0.2, -0.15) is 4.31 Å². The van der Waals surface area contributed by atoms with E-state index in [1.807, 2.05) is 0 Å². The highest BCUT2D eigenvalue weighted by atomic mass is 35.5. The normalized spacial score (nSPS) is 20.1. The molecule has 0 bridgehead atoms. The molecule has 3 rings (SSSR count). The lowest BCUT2D eigenvalue weighted by atomic mass is 10.2. The molecule has 0 aliphatic carbocycles. The summed E-state index contributed by atoms with van der Waals surface area (Å²) in [7, 11) is -3.95. The highest BCUT2D eigenvalue weighted by Crippen LogP contribution is 2.30. The lowest BCUT2D eigenvalue weighted by molar-refractivity contribution is -0.121. The zero-order chi connectivity index (χ0) is 15.2. The molecule has 1 fully saturated rings. The molecule has 0 spiro atoms. The second-order valence-electron chi connectivity index (χ2n) is 4.81. The number of amides is 1. The van der Waals surface area contributed by atoms with E-state index in [-0.39, 0.29) is 16.7 Å². The van der Waals surface area contributed by atoms with Gasteiger partial charge in [0.15, 0.2) is 10.2 Å². The molecule has 0 unspecified atom stereocenters. The predicted octanol–water partition coefficient (Wildman–Crippen LogP) is 0.626. The van der Waals surface area contributed by atoms with E-state index >= 15 is 0 Å². The Hall–Kier alpha value is -1.64. The minimum Gasteiger partial charge on any atom is -0.368 e. The SMILES string of the molecule is NC(=O)[C@H]1CCCN1S(=O)(=O)c1c(Cl)nc2ccccn12. The minimum atomic E-state index is -3.95. The van der Waals surface area contributed by atoms with Gasteiger partial charge in [0.05, 0.1) is 0 Å². The average molecular weight is 329 g/mol. The van der Waals surface area contributed by atoms with Crippen LogP contribution in [-0.2, 0) is 14.8 Å². The lowest BCUT2D eigenvalue weighted by Crippen LogP contribution is -2.44. The van der Waals surface area contributed by atoms with Crippen LogP contribution >= 0.6 is 11.6 Å². The molecule has 7 nitrogen and oxygen atoms in total. The Balaban J connectivity index is 2.17. The van der Waals surface area contributed by atoms with Gasteiger partial charge in [0.1, 0.15) is 11.7 Å². The summed E-state index contributed by atoms with van der Waals surface area (Å²) < 4.78 is 28.1. The van der Waals surface area contributed by atoms with E-state index < -0.39 is 22.0 Å². The van der Waals surface area contributed by atoms with E-state index in [0.29, 0.717) is 18.5 Å². The van der Waals surface area contributed by atoms with Crippen LogP contribution < -0.4 is 5.73 Å². The van der Waals surface area contributed by atoms with E-state index in [4.69, 9.17) is 17.3 Å². The standard InChI is InChI=1S/C12H13ClN4O3S/c13-10-12(16-6-2-1-5-9(16)15-10)21(19,20)17-7-3-4-8(17)11(14)18/h1-2,5-6,8H,3-4,7H2,(H2,14,18)/t8-/m1/s1. The zero-order valence-corrected chi connectivity index (χ0v) is 12.5. The van der Waals surface area contributed by atoms with Gasteiger partial charge in [0.2, 0.25) is 5.91 Å². The first-order chi connectivity index (χ1) is 9.93. The quantitative estimate of drug-likeness (QED) is 0.893. The Bertz CT molecular complexity index is 817. The molecule has 0 radical (unpaired) electrons. The highest BCUT2D eigenvalue weighted by molar-refractivity contribution is 7.89. The van der Waals surface area contributed by atoms with Crippen molar-refractivity contribution < 1.29 is 13.2 Å². The first-order valence-corrected chi connectivity index (χ1v) is 8.18. The van der Waals surface area contributed by atoms with E-state index in [1.165, 1.54) is 4.40 Å². The van der Waals surface area contributed by atoms with E-state index in [1.54, 1.807) is 24.4 Å². The fourth-order valence-corrected chi connectivity index (χ4v) is 4.87. The van der Waals surface area contributed by atoms with Crippen LogP contribution in [0.25, 0.3) is 5.65 Å². The summed E-state index contributed by atoms with van der Waals surface area (Å²) in [6.07, 6.45) is 2.57. The van der Waals surface area contributed by atoms with Crippen LogP contribution in [0.1, 0.15) is 12.8 Å². The Morgan fingerprint density at radius 1 is 1.43 bits per heavy atom. The van der Waals surface area contributed by atoms with Crippen molar-refractivity contribution in [1.29, 1.82) is 0 Å². The van der Waals surface area contributed by atoms with Gasteiger partial charge in [0.25, 0.3) is 10.0 Å². The molecule has 2 aromatic rings. The maximum atomic E-state index is 12.8. The molecular weight excluding hydrogens is 316 g/mol. The first kappa shape index (κ1) is 14.3. The molecule has 9 heteroatoms. The van der Waals surface area contributed by atoms with Crippen molar-refractivity contribution in [3.63, 3.8) is 0 Å². The molecule has 112 valence electrons. The summed E-state index contributed by atoms with van der Waals surface area (Å²) in [5.74, 6) is -0.652. The van der Waals surface area contributed by atoms with E-state index in [2.05, 4.69) is 4.98 Å². The number of fused-ring (bicyclic) bond motifs is 1. The third-order valence-corrected chi connectivity index (χ3v) is 5.84. The first-order valence-electron chi connectivity index (χ1n) is 6.36. The fraction of sp³-hybridized carbons (Fsp3) is 0.333. The monoisotopic (exact) mass is 328 g/mol. The Morgan fingerprint density at radius 3 is 2.90 bits per heavy atom. The molecule has 1 amide bonds. The van der Waals surface area contributed by atoms with Crippen LogP contribution in [0.2, 0.25) is 5.15 Å². The minimum absolute atomic E-state index is 0.115. The lowest BCUT2D eigenvalue weighted by Gasteiger charge is -2.21. The smallest absolute Gasteiger partial charge is 0.262 e. The molecule has 1 saturated heterocycles. The number of carbonyl (C=O) groups is 1. The van der Waals surface area contributed by atoms with Crippen LogP contribution in [0.4, 0.5) is 0 Å². The predicted molar refractivity (Wildman–Crippen MR) is 76.3 cm³/mol. The van der Waals surface area contributed by atoms with Gasteiger partial charge in [-0.25, -0.2) is 13.4 Å². The highest BCUT2D eigenvalue weighted by Gasteiger charge is 2.41. The zero-order valence-electron chi connectivity index (χ0n) is 10.9. The molecule has 2 N–H and O–H groups in total. The van der Waals surface area contributed by atoms with Crippen molar-refractivity contribution in [3.8, 4) is 0 Å². The molecule has 3 heterocycles. The number of hydrogen-bond donors (Lipinski definition) is 1. The van der Waals surface area contributed by atoms with Crippen LogP contribution in [-0.4, -0.2) is 40.6 Å². The number of imidazole rings is 1. The number of pyridine rings is 1. The molecule has 0 aromatic carbocycles. The largest absolute Gasteiger partial charge is 0.368 e. The van der Waals surface area contributed by atoms with Gasteiger partial charge >= 0.3 is 0 Å². The third kappa shape index (κ3) is 2.19. The van der Waals surface area contributed by atoms with Crippen molar-refractivity contribution in [3.05, 3.63) is 29.5 Å². The summed E-state index contributed by atoms with van der Waals surface area (Å²) in [6, 6.07) is 4.23. The Morgan fingerprint density at radius 2 is 2.19 bits per heavy atom. The Labute approximate surface area is 126 Å². The molecule has 1 atom stereocenters. The topological polar surface area (TPSA) is 97.8 Å². The summed E-state index contributed by atoms with van der Waals surface area (Å²) >= 11 is 6.00. The fourth-order valence-electron chi connectivity index (χ4n) is 2.60. The number of sulfonamides is 1. The van der Waals surface area contributed by atoms with Crippen molar-refractivity contribution in [2.75, 3.05) is 6.54 Å². The molecular formula is C12H13ClN4O3S. The van der Waals surface area contributed by atoms with Crippen LogP contribution in [0.15, 0.2) is 29.4 Å². The van der Waals surface area contributed by atoms with Crippen molar-refractivity contribution in [2.45, 2.75) is 23.9 Å². The maximum Gasteiger partial charge on any atom is 0.262 e. The molecule has 1 aliphatic heterocycles. The average Bonchev–Trinajstić information content (AvgIpc) is 3.01. The number of aromatic nitrogens is 2. The van der Waals surface area contributed by atoms with Crippen molar-refractivity contribution in [2.24, 2.45) is 5.73 Å². The second kappa shape index (κ2) is 4.97. The van der Waals surface area contributed by atoms with E-state index in [9.17, 15) is 13.2 Å². The van der Waals surface area contributed by atoms with Crippen molar-refractivity contribution in [1.82, 2.24) is 13.7 Å². The van der Waals surface area contributed by atoms with E-state index in [0.717, 1.165) is 4.31 Å². The Kier molecular flexibility index (Phi) is 3.39. The summed E-state index contributed by atoms with van der Waals surface area (Å²) in [4.78, 5) is 15.5. The molecule has 2 aromatic heterocycles. The van der Waals surface area contributed by atoms with Crippen LogP contribution in [0.5, 0.6) is 0 Å². The second-order valence-corrected chi connectivity index (χ2v) is 6.98. The number of halogens is 1. The van der Waals surface area contributed by atoms with Crippen molar-refractivity contribution >= 4 is 33.2 Å². The van der Waals surface area contributed by atoms with Gasteiger partial charge in [-0.05, 0) is 25.0 Å². The van der Waals surface area contributed by atoms with Crippen LogP contribution in [0, 0.1) is 0 Å². The van der Waals surface area contributed by atoms with Gasteiger partial charge in [0, 0.05) is 12.7 Å². The van der Waals surface area contributed by atoms with Crippen LogP contribution in [0.3, 0.4) is 0 Å². The number of hydrogen-bond acceptors (Lipinski definition) is 4. The number of nitrogens with zero attached hydrogens (tertiary/aromatic N) is 3. The number of rotatable bonds is 3. The van der Waals surface area contributed by atoms with Gasteiger partial charge < -0.3 is 5.73 Å². The summed E-state index contributed by atoms with van der Waals surface area (Å²) in [5, 5.41) is -0.246. The van der Waals surface area contributed by atoms with Gasteiger partial charge in [-0.3, -0.25) is 9.20 Å². The summed E-state index contributed by atoms with van der Waals surface area (Å²) in [6.45, 7) is 0.242. The number of carbonyl (C=O) groups excluding carboxylic acids is 1. The number of nitrogens with two attached hydrogens (primary N) is 1. The summed E-state index contributed by atoms with van der Waals surface area (Å²) in [5.41, 5.74) is 5.72. The molecule has 1 aliphatic rings. The maximum absolute atomic E-state index is 12.8. The van der Waals surface area contributed by atoms with Gasteiger partial charge in [-0.15, -0.1) is 0 Å².